The van der Waals surface area contributed by atoms with Gasteiger partial charge in [-0.2, -0.15) is 0 Å². The van der Waals surface area contributed by atoms with E-state index >= 15 is 0 Å². The highest BCUT2D eigenvalue weighted by atomic mass is 35.5. The minimum atomic E-state index is -0.529. The predicted molar refractivity (Wildman–Crippen MR) is 90.2 cm³/mol. The summed E-state index contributed by atoms with van der Waals surface area (Å²) in [5.41, 5.74) is 1.00. The van der Waals surface area contributed by atoms with Crippen LogP contribution in [0.25, 0.3) is 0 Å². The van der Waals surface area contributed by atoms with E-state index in [-0.39, 0.29) is 11.3 Å². The van der Waals surface area contributed by atoms with Gasteiger partial charge in [0, 0.05) is 4.88 Å². The molecule has 0 bridgehead atoms. The van der Waals surface area contributed by atoms with Crippen molar-refractivity contribution in [3.63, 3.8) is 0 Å². The average Bonchev–Trinajstić information content (AvgIpc) is 3.06. The van der Waals surface area contributed by atoms with Gasteiger partial charge in [0.15, 0.2) is 11.5 Å². The van der Waals surface area contributed by atoms with Crippen molar-refractivity contribution in [3.05, 3.63) is 39.0 Å². The molecule has 1 aromatic heterocycles. The number of carbonyl (C=O) groups excluding carboxylic acids is 1. The van der Waals surface area contributed by atoms with Crippen LogP contribution in [-0.4, -0.2) is 33.3 Å². The van der Waals surface area contributed by atoms with E-state index in [1.807, 2.05) is 11.4 Å². The van der Waals surface area contributed by atoms with Crippen LogP contribution in [0, 0.1) is 0 Å². The number of benzene rings is 1. The number of rotatable bonds is 4. The number of esters is 1. The summed E-state index contributed by atoms with van der Waals surface area (Å²) in [4.78, 5) is 15.6. The van der Waals surface area contributed by atoms with Crippen molar-refractivity contribution in [3.8, 4) is 11.5 Å². The SMILES string of the molecule is COC(=O)c1c(OC)c(Cl)cc2c1OCCN2Cc1cccs1. The van der Waals surface area contributed by atoms with E-state index in [9.17, 15) is 4.79 Å². The van der Waals surface area contributed by atoms with Gasteiger partial charge in [0.05, 0.1) is 38.0 Å². The Morgan fingerprint density at radius 1 is 1.48 bits per heavy atom. The fourth-order valence-electron chi connectivity index (χ4n) is 2.60. The summed E-state index contributed by atoms with van der Waals surface area (Å²) in [6.45, 7) is 1.93. The summed E-state index contributed by atoms with van der Waals surface area (Å²) in [5, 5.41) is 2.39. The molecule has 1 aliphatic heterocycles. The second kappa shape index (κ2) is 6.68. The molecule has 0 radical (unpaired) electrons. The van der Waals surface area contributed by atoms with Crippen molar-refractivity contribution in [2.45, 2.75) is 6.54 Å². The highest BCUT2D eigenvalue weighted by Crippen LogP contribution is 2.45. The molecule has 0 atom stereocenters. The van der Waals surface area contributed by atoms with Gasteiger partial charge < -0.3 is 19.1 Å². The van der Waals surface area contributed by atoms with Crippen LogP contribution in [0.4, 0.5) is 5.69 Å². The third-order valence-electron chi connectivity index (χ3n) is 3.64. The Hall–Kier alpha value is -1.92. The van der Waals surface area contributed by atoms with Gasteiger partial charge in [-0.15, -0.1) is 11.3 Å². The van der Waals surface area contributed by atoms with E-state index in [1.165, 1.54) is 19.1 Å². The zero-order valence-corrected chi connectivity index (χ0v) is 14.4. The quantitative estimate of drug-likeness (QED) is 0.786. The number of ether oxygens (including phenoxy) is 3. The minimum Gasteiger partial charge on any atom is -0.494 e. The van der Waals surface area contributed by atoms with Crippen LogP contribution < -0.4 is 14.4 Å². The molecule has 0 spiro atoms. The lowest BCUT2D eigenvalue weighted by molar-refractivity contribution is 0.0591. The Morgan fingerprint density at radius 3 is 2.96 bits per heavy atom. The number of fused-ring (bicyclic) bond motifs is 1. The van der Waals surface area contributed by atoms with Crippen molar-refractivity contribution >= 4 is 34.6 Å². The summed E-state index contributed by atoms with van der Waals surface area (Å²) in [7, 11) is 2.79. The number of nitrogens with zero attached hydrogens (tertiary/aromatic N) is 1. The largest absolute Gasteiger partial charge is 0.494 e. The fraction of sp³-hybridized carbons (Fsp3) is 0.312. The van der Waals surface area contributed by atoms with Crippen LogP contribution in [-0.2, 0) is 11.3 Å². The lowest BCUT2D eigenvalue weighted by Gasteiger charge is -2.32. The van der Waals surface area contributed by atoms with Crippen molar-refractivity contribution in [1.29, 1.82) is 0 Å². The van der Waals surface area contributed by atoms with Crippen molar-refractivity contribution in [2.24, 2.45) is 0 Å². The van der Waals surface area contributed by atoms with Gasteiger partial charge in [0.2, 0.25) is 0 Å². The number of hydrogen-bond donors (Lipinski definition) is 0. The summed E-state index contributed by atoms with van der Waals surface area (Å²) in [6, 6.07) is 5.86. The molecule has 0 aliphatic carbocycles. The molecule has 7 heteroatoms. The normalized spacial score (nSPS) is 13.3. The first kappa shape index (κ1) is 16.0. The molecule has 0 saturated heterocycles. The van der Waals surface area contributed by atoms with E-state index in [1.54, 1.807) is 17.4 Å². The Morgan fingerprint density at radius 2 is 2.30 bits per heavy atom. The standard InChI is InChI=1S/C16H16ClNO4S/c1-20-14-11(17)8-12-15(13(14)16(19)21-2)22-6-5-18(12)9-10-4-3-7-23-10/h3-4,7-8H,5-6,9H2,1-2H3. The molecular formula is C16H16ClNO4S. The number of halogens is 1. The summed E-state index contributed by atoms with van der Waals surface area (Å²) in [6.07, 6.45) is 0. The highest BCUT2D eigenvalue weighted by Gasteiger charge is 2.30. The van der Waals surface area contributed by atoms with Crippen LogP contribution in [0.1, 0.15) is 15.2 Å². The molecule has 0 unspecified atom stereocenters. The average molecular weight is 354 g/mol. The van der Waals surface area contributed by atoms with Gasteiger partial charge in [-0.3, -0.25) is 0 Å². The topological polar surface area (TPSA) is 48.0 Å². The number of anilines is 1. The van der Waals surface area contributed by atoms with E-state index in [0.717, 1.165) is 12.2 Å². The van der Waals surface area contributed by atoms with Crippen LogP contribution in [0.3, 0.4) is 0 Å². The van der Waals surface area contributed by atoms with Crippen LogP contribution in [0.15, 0.2) is 23.6 Å². The molecule has 2 heterocycles. The first-order chi connectivity index (χ1) is 11.2. The molecule has 1 aromatic carbocycles. The van der Waals surface area contributed by atoms with Crippen molar-refractivity contribution in [1.82, 2.24) is 0 Å². The summed E-state index contributed by atoms with van der Waals surface area (Å²) >= 11 is 7.99. The molecule has 2 aromatic rings. The van der Waals surface area contributed by atoms with E-state index < -0.39 is 5.97 Å². The van der Waals surface area contributed by atoms with E-state index in [0.29, 0.717) is 23.9 Å². The first-order valence-electron chi connectivity index (χ1n) is 7.04. The van der Waals surface area contributed by atoms with Crippen LogP contribution in [0.2, 0.25) is 5.02 Å². The smallest absolute Gasteiger partial charge is 0.345 e. The van der Waals surface area contributed by atoms with Gasteiger partial charge in [0.1, 0.15) is 12.2 Å². The van der Waals surface area contributed by atoms with Gasteiger partial charge in [0.25, 0.3) is 0 Å². The van der Waals surface area contributed by atoms with Crippen molar-refractivity contribution in [2.75, 3.05) is 32.3 Å². The number of thiophene rings is 1. The molecule has 0 N–H and O–H groups in total. The zero-order valence-electron chi connectivity index (χ0n) is 12.8. The lowest BCUT2D eigenvalue weighted by Crippen LogP contribution is -2.33. The van der Waals surface area contributed by atoms with E-state index in [2.05, 4.69) is 11.0 Å². The maximum Gasteiger partial charge on any atom is 0.345 e. The Kier molecular flexibility index (Phi) is 4.63. The molecular weight excluding hydrogens is 338 g/mol. The lowest BCUT2D eigenvalue weighted by atomic mass is 10.1. The highest BCUT2D eigenvalue weighted by molar-refractivity contribution is 7.09. The molecule has 23 heavy (non-hydrogen) atoms. The first-order valence-corrected chi connectivity index (χ1v) is 8.30. The molecule has 122 valence electrons. The Bertz CT molecular complexity index is 717. The summed E-state index contributed by atoms with van der Waals surface area (Å²) < 4.78 is 15.9. The maximum absolute atomic E-state index is 12.2. The second-order valence-electron chi connectivity index (χ2n) is 4.96. The molecule has 0 fully saturated rings. The van der Waals surface area contributed by atoms with Gasteiger partial charge in [-0.1, -0.05) is 17.7 Å². The van der Waals surface area contributed by atoms with Gasteiger partial charge in [-0.25, -0.2) is 4.79 Å². The molecule has 5 nitrogen and oxygen atoms in total. The van der Waals surface area contributed by atoms with Gasteiger partial charge in [-0.05, 0) is 17.5 Å². The third kappa shape index (κ3) is 2.96. The van der Waals surface area contributed by atoms with E-state index in [4.69, 9.17) is 25.8 Å². The molecule has 0 amide bonds. The minimum absolute atomic E-state index is 0.230. The number of hydrogen-bond acceptors (Lipinski definition) is 6. The second-order valence-corrected chi connectivity index (χ2v) is 6.40. The molecule has 0 saturated carbocycles. The fourth-order valence-corrected chi connectivity index (χ4v) is 3.60. The monoisotopic (exact) mass is 353 g/mol. The maximum atomic E-state index is 12.2. The number of carbonyl (C=O) groups is 1. The zero-order chi connectivity index (χ0) is 16.4. The van der Waals surface area contributed by atoms with Crippen LogP contribution >= 0.6 is 22.9 Å². The van der Waals surface area contributed by atoms with Gasteiger partial charge >= 0.3 is 5.97 Å². The number of methoxy groups -OCH3 is 2. The summed E-state index contributed by atoms with van der Waals surface area (Å²) in [5.74, 6) is 0.203. The predicted octanol–water partition coefficient (Wildman–Crippen LogP) is 3.60. The Labute approximate surface area is 143 Å². The molecule has 3 rings (SSSR count). The Balaban J connectivity index is 2.09. The van der Waals surface area contributed by atoms with Crippen LogP contribution in [0.5, 0.6) is 11.5 Å². The van der Waals surface area contributed by atoms with Crippen molar-refractivity contribution < 1.29 is 19.0 Å². The third-order valence-corrected chi connectivity index (χ3v) is 4.78. The molecule has 1 aliphatic rings.